The van der Waals surface area contributed by atoms with Crippen molar-refractivity contribution in [1.82, 2.24) is 5.43 Å². The van der Waals surface area contributed by atoms with E-state index in [2.05, 4.69) is 63.6 Å². The summed E-state index contributed by atoms with van der Waals surface area (Å²) in [6.07, 6.45) is 1.49. The second-order valence-corrected chi connectivity index (χ2v) is 9.63. The third kappa shape index (κ3) is 6.13. The molecule has 0 saturated heterocycles. The first kappa shape index (κ1) is 24.2. The largest absolute Gasteiger partial charge is 0.483 e. The highest BCUT2D eigenvalue weighted by Crippen LogP contribution is 2.31. The number of furan rings is 1. The quantitative estimate of drug-likeness (QED) is 0.177. The summed E-state index contributed by atoms with van der Waals surface area (Å²) in [6.45, 7) is -0.138. The monoisotopic (exact) mass is 647 g/mol. The zero-order chi connectivity index (χ0) is 24.1. The maximum absolute atomic E-state index is 12.4. The molecule has 0 aliphatic heterocycles. The highest BCUT2D eigenvalue weighted by atomic mass is 79.9. The summed E-state index contributed by atoms with van der Waals surface area (Å²) >= 11 is 10.3. The number of halogens is 3. The molecule has 34 heavy (non-hydrogen) atoms. The van der Waals surface area contributed by atoms with E-state index < -0.39 is 5.91 Å². The molecule has 4 aromatic rings. The zero-order valence-electron chi connectivity index (χ0n) is 17.3. The van der Waals surface area contributed by atoms with Crippen molar-refractivity contribution in [3.8, 4) is 5.75 Å². The minimum Gasteiger partial charge on any atom is -0.483 e. The summed E-state index contributed by atoms with van der Waals surface area (Å²) in [4.78, 5) is 24.4. The van der Waals surface area contributed by atoms with Crippen LogP contribution in [0.15, 0.2) is 89.7 Å². The normalized spacial score (nSPS) is 11.0. The molecule has 0 aliphatic rings. The van der Waals surface area contributed by atoms with Crippen LogP contribution in [0, 0.1) is 0 Å². The molecular weight excluding hydrogens is 634 g/mol. The number of para-hydroxylation sites is 1. The minimum atomic E-state index is -0.473. The van der Waals surface area contributed by atoms with Gasteiger partial charge in [-0.25, -0.2) is 5.43 Å². The number of anilines is 1. The van der Waals surface area contributed by atoms with Gasteiger partial charge in [0.05, 0.1) is 15.2 Å². The van der Waals surface area contributed by atoms with E-state index in [1.807, 2.05) is 30.3 Å². The molecule has 0 unspecified atom stereocenters. The second-order valence-electron chi connectivity index (χ2n) is 7.01. The van der Waals surface area contributed by atoms with E-state index in [0.717, 1.165) is 14.3 Å². The number of benzene rings is 3. The Morgan fingerprint density at radius 1 is 0.971 bits per heavy atom. The van der Waals surface area contributed by atoms with Gasteiger partial charge in [-0.2, -0.15) is 5.10 Å². The van der Waals surface area contributed by atoms with E-state index in [9.17, 15) is 9.59 Å². The van der Waals surface area contributed by atoms with Crippen LogP contribution in [-0.2, 0) is 4.79 Å². The Hall–Kier alpha value is -2.95. The summed E-state index contributed by atoms with van der Waals surface area (Å²) in [5, 5.41) is 7.53. The van der Waals surface area contributed by atoms with E-state index in [0.29, 0.717) is 27.1 Å². The topological polar surface area (TPSA) is 92.9 Å². The number of carbonyl (C=O) groups excluding carboxylic acids is 2. The average Bonchev–Trinajstić information content (AvgIpc) is 3.24. The highest BCUT2D eigenvalue weighted by molar-refractivity contribution is 9.11. The fourth-order valence-electron chi connectivity index (χ4n) is 2.98. The molecule has 0 bridgehead atoms. The zero-order valence-corrected chi connectivity index (χ0v) is 22.1. The first-order chi connectivity index (χ1) is 16.4. The van der Waals surface area contributed by atoms with Crippen LogP contribution in [0.5, 0.6) is 5.75 Å². The molecule has 0 saturated carbocycles. The number of carbonyl (C=O) groups is 2. The van der Waals surface area contributed by atoms with Gasteiger partial charge >= 0.3 is 5.91 Å². The smallest absolute Gasteiger partial charge is 0.307 e. The van der Waals surface area contributed by atoms with Crippen LogP contribution in [0.4, 0.5) is 5.69 Å². The minimum absolute atomic E-state index is 0.138. The third-order valence-corrected chi connectivity index (χ3v) is 6.18. The molecule has 0 radical (unpaired) electrons. The van der Waals surface area contributed by atoms with Crippen LogP contribution in [0.2, 0.25) is 0 Å². The predicted octanol–water partition coefficient (Wildman–Crippen LogP) is 6.50. The first-order valence-electron chi connectivity index (χ1n) is 9.88. The number of amides is 2. The van der Waals surface area contributed by atoms with Gasteiger partial charge in [0.2, 0.25) is 0 Å². The summed E-state index contributed by atoms with van der Waals surface area (Å²) < 4.78 is 13.5. The number of nitrogens with zero attached hydrogens (tertiary/aromatic N) is 1. The Balaban J connectivity index is 1.33. The van der Waals surface area contributed by atoms with Crippen molar-refractivity contribution < 1.29 is 18.7 Å². The van der Waals surface area contributed by atoms with Gasteiger partial charge in [-0.3, -0.25) is 9.59 Å². The van der Waals surface area contributed by atoms with Crippen LogP contribution in [0.25, 0.3) is 11.0 Å². The Kier molecular flexibility index (Phi) is 7.81. The first-order valence-corrected chi connectivity index (χ1v) is 12.3. The van der Waals surface area contributed by atoms with Gasteiger partial charge in [-0.1, -0.05) is 34.1 Å². The van der Waals surface area contributed by atoms with E-state index in [-0.39, 0.29) is 18.3 Å². The van der Waals surface area contributed by atoms with E-state index in [4.69, 9.17) is 9.15 Å². The summed E-state index contributed by atoms with van der Waals surface area (Å²) in [6, 6.07) is 19.7. The maximum Gasteiger partial charge on any atom is 0.307 e. The lowest BCUT2D eigenvalue weighted by Gasteiger charge is -2.09. The van der Waals surface area contributed by atoms with Crippen LogP contribution in [-0.4, -0.2) is 24.6 Å². The molecule has 0 spiro atoms. The predicted molar refractivity (Wildman–Crippen MR) is 141 cm³/mol. The Morgan fingerprint density at radius 2 is 1.76 bits per heavy atom. The summed E-state index contributed by atoms with van der Waals surface area (Å²) in [7, 11) is 0. The van der Waals surface area contributed by atoms with Gasteiger partial charge in [0.1, 0.15) is 11.3 Å². The van der Waals surface area contributed by atoms with Crippen LogP contribution < -0.4 is 15.5 Å². The van der Waals surface area contributed by atoms with Gasteiger partial charge in [0.25, 0.3) is 5.91 Å². The molecule has 0 fully saturated rings. The molecule has 0 aliphatic carbocycles. The SMILES string of the molecule is O=C(COc1ccc(/C=N\NC(=O)c2cc3cc(Br)cc(Br)c3o2)cc1Br)Nc1ccccc1. The van der Waals surface area contributed by atoms with Crippen molar-refractivity contribution >= 4 is 82.5 Å². The Bertz CT molecular complexity index is 1390. The lowest BCUT2D eigenvalue weighted by molar-refractivity contribution is -0.118. The lowest BCUT2D eigenvalue weighted by atomic mass is 10.2. The average molecular weight is 650 g/mol. The number of hydrogen-bond donors (Lipinski definition) is 2. The van der Waals surface area contributed by atoms with Gasteiger partial charge in [-0.15, -0.1) is 0 Å². The van der Waals surface area contributed by atoms with Crippen molar-refractivity contribution in [3.63, 3.8) is 0 Å². The third-order valence-electron chi connectivity index (χ3n) is 4.51. The van der Waals surface area contributed by atoms with Crippen LogP contribution in [0.3, 0.4) is 0 Å². The molecule has 1 heterocycles. The van der Waals surface area contributed by atoms with Gasteiger partial charge in [0.15, 0.2) is 12.4 Å². The van der Waals surface area contributed by atoms with E-state index in [1.165, 1.54) is 6.21 Å². The van der Waals surface area contributed by atoms with Gasteiger partial charge in [0, 0.05) is 15.5 Å². The molecule has 7 nitrogen and oxygen atoms in total. The number of fused-ring (bicyclic) bond motifs is 1. The maximum atomic E-state index is 12.4. The Morgan fingerprint density at radius 3 is 2.53 bits per heavy atom. The Labute approximate surface area is 219 Å². The van der Waals surface area contributed by atoms with Crippen molar-refractivity contribution in [2.24, 2.45) is 5.10 Å². The summed E-state index contributed by atoms with van der Waals surface area (Å²) in [5.74, 6) is -0.0941. The lowest BCUT2D eigenvalue weighted by Crippen LogP contribution is -2.20. The molecule has 172 valence electrons. The number of ether oxygens (including phenoxy) is 1. The molecule has 3 aromatic carbocycles. The van der Waals surface area contributed by atoms with E-state index in [1.54, 1.807) is 36.4 Å². The number of nitrogens with one attached hydrogen (secondary N) is 2. The van der Waals surface area contributed by atoms with Crippen molar-refractivity contribution in [2.75, 3.05) is 11.9 Å². The van der Waals surface area contributed by atoms with Gasteiger partial charge in [-0.05, 0) is 86.0 Å². The highest BCUT2D eigenvalue weighted by Gasteiger charge is 2.14. The standard InChI is InChI=1S/C24H16Br3N3O4/c25-16-9-15-10-21(34-23(15)19(27)11-16)24(32)30-28-12-14-6-7-20(18(26)8-14)33-13-22(31)29-17-4-2-1-3-5-17/h1-12H,13H2,(H,29,31)(H,30,32)/b28-12-. The van der Waals surface area contributed by atoms with Crippen molar-refractivity contribution in [2.45, 2.75) is 0 Å². The second kappa shape index (κ2) is 11.0. The number of rotatable bonds is 7. The fourth-order valence-corrected chi connectivity index (χ4v) is 4.83. The fraction of sp³-hybridized carbons (Fsp3) is 0.0417. The van der Waals surface area contributed by atoms with Crippen LogP contribution in [0.1, 0.15) is 16.1 Å². The number of hydrogen-bond acceptors (Lipinski definition) is 5. The molecule has 10 heteroatoms. The molecule has 0 atom stereocenters. The van der Waals surface area contributed by atoms with Crippen LogP contribution >= 0.6 is 47.8 Å². The van der Waals surface area contributed by atoms with Crippen molar-refractivity contribution in [1.29, 1.82) is 0 Å². The van der Waals surface area contributed by atoms with Crippen molar-refractivity contribution in [3.05, 3.63) is 91.5 Å². The molecular formula is C24H16Br3N3O4. The van der Waals surface area contributed by atoms with E-state index >= 15 is 0 Å². The molecule has 1 aromatic heterocycles. The molecule has 2 amide bonds. The summed E-state index contributed by atoms with van der Waals surface area (Å²) in [5.41, 5.74) is 4.44. The van der Waals surface area contributed by atoms with Gasteiger partial charge < -0.3 is 14.5 Å². The molecule has 4 rings (SSSR count). The molecule has 2 N–H and O–H groups in total. The number of hydrazone groups is 1.